The lowest BCUT2D eigenvalue weighted by Gasteiger charge is -2.43. The van der Waals surface area contributed by atoms with E-state index in [9.17, 15) is 18.0 Å². The molecule has 1 heterocycles. The van der Waals surface area contributed by atoms with Crippen molar-refractivity contribution in [2.45, 2.75) is 26.1 Å². The van der Waals surface area contributed by atoms with Gasteiger partial charge in [0, 0.05) is 30.7 Å². The molecule has 2 rings (SSSR count). The smallest absolute Gasteiger partial charge is 0.324 e. The predicted octanol–water partition coefficient (Wildman–Crippen LogP) is 4.14. The summed E-state index contributed by atoms with van der Waals surface area (Å²) in [7, 11) is 0. The second-order valence-corrected chi connectivity index (χ2v) is 7.65. The zero-order valence-corrected chi connectivity index (χ0v) is 16.1. The lowest BCUT2D eigenvalue weighted by atomic mass is 9.99. The highest BCUT2D eigenvalue weighted by atomic mass is 35.5. The Morgan fingerprint density at radius 3 is 2.62 bits per heavy atom. The Balaban J connectivity index is 1.99. The molecule has 1 amide bonds. The van der Waals surface area contributed by atoms with Crippen molar-refractivity contribution in [3.63, 3.8) is 0 Å². The lowest BCUT2D eigenvalue weighted by molar-refractivity contribution is -0.153. The number of carbonyl (C=O) groups excluding carboxylic acids is 1. The summed E-state index contributed by atoms with van der Waals surface area (Å²) in [6.45, 7) is 4.01. The van der Waals surface area contributed by atoms with Gasteiger partial charge in [0.15, 0.2) is 0 Å². The molecule has 0 aromatic heterocycles. The van der Waals surface area contributed by atoms with Crippen LogP contribution < -0.4 is 5.32 Å². The average Bonchev–Trinajstić information content (AvgIpc) is 2.50. The molecular weight excluding hydrogens is 390 g/mol. The van der Waals surface area contributed by atoms with Crippen LogP contribution in [0.2, 0.25) is 10.0 Å². The number of carbonyl (C=O) groups is 1. The van der Waals surface area contributed by atoms with Crippen molar-refractivity contribution in [3.8, 4) is 0 Å². The Morgan fingerprint density at radius 2 is 2.00 bits per heavy atom. The summed E-state index contributed by atoms with van der Waals surface area (Å²) in [5.74, 6) is -0.155. The predicted molar refractivity (Wildman–Crippen MR) is 97.8 cm³/mol. The fraction of sp³-hybridized carbons (Fsp3) is 0.588. The second-order valence-electron chi connectivity index (χ2n) is 6.80. The van der Waals surface area contributed by atoms with Gasteiger partial charge >= 0.3 is 6.18 Å². The summed E-state index contributed by atoms with van der Waals surface area (Å²) < 4.78 is 37.9. The molecule has 0 saturated carbocycles. The fourth-order valence-corrected chi connectivity index (χ4v) is 3.44. The Bertz CT molecular complexity index is 640. The molecule has 0 bridgehead atoms. The molecule has 0 radical (unpaired) electrons. The molecule has 26 heavy (non-hydrogen) atoms. The van der Waals surface area contributed by atoms with Crippen molar-refractivity contribution >= 4 is 34.8 Å². The largest absolute Gasteiger partial charge is 0.401 e. The van der Waals surface area contributed by atoms with E-state index < -0.39 is 12.7 Å². The summed E-state index contributed by atoms with van der Waals surface area (Å²) in [5, 5.41) is 3.54. The fourth-order valence-electron chi connectivity index (χ4n) is 3.10. The minimum absolute atomic E-state index is 0.0888. The highest BCUT2D eigenvalue weighted by molar-refractivity contribution is 6.35. The topological polar surface area (TPSA) is 35.6 Å². The maximum Gasteiger partial charge on any atom is 0.401 e. The van der Waals surface area contributed by atoms with Gasteiger partial charge in [0.2, 0.25) is 5.91 Å². The number of piperazine rings is 1. The quantitative estimate of drug-likeness (QED) is 0.790. The molecule has 1 fully saturated rings. The van der Waals surface area contributed by atoms with Gasteiger partial charge in [-0.3, -0.25) is 14.6 Å². The van der Waals surface area contributed by atoms with Crippen molar-refractivity contribution in [1.29, 1.82) is 0 Å². The van der Waals surface area contributed by atoms with E-state index in [0.717, 1.165) is 0 Å². The van der Waals surface area contributed by atoms with Crippen molar-refractivity contribution in [3.05, 3.63) is 28.2 Å². The summed E-state index contributed by atoms with van der Waals surface area (Å²) in [4.78, 5) is 15.7. The first-order valence-corrected chi connectivity index (χ1v) is 9.09. The van der Waals surface area contributed by atoms with Crippen LogP contribution in [0.3, 0.4) is 0 Å². The molecule has 4 nitrogen and oxygen atoms in total. The zero-order chi connectivity index (χ0) is 19.5. The number of rotatable bonds is 5. The minimum Gasteiger partial charge on any atom is -0.324 e. The summed E-state index contributed by atoms with van der Waals surface area (Å²) in [5.41, 5.74) is 0.418. The zero-order valence-electron chi connectivity index (χ0n) is 14.6. The first-order valence-electron chi connectivity index (χ1n) is 8.33. The summed E-state index contributed by atoms with van der Waals surface area (Å²) in [6.07, 6.45) is -4.22. The normalized spacial score (nSPS) is 19.8. The van der Waals surface area contributed by atoms with Crippen LogP contribution in [0.4, 0.5) is 18.9 Å². The maximum atomic E-state index is 12.6. The number of hydrogen-bond donors (Lipinski definition) is 1. The van der Waals surface area contributed by atoms with Crippen LogP contribution in [0.15, 0.2) is 18.2 Å². The van der Waals surface area contributed by atoms with Crippen LogP contribution in [0.25, 0.3) is 0 Å². The Kier molecular flexibility index (Phi) is 7.19. The van der Waals surface area contributed by atoms with Gasteiger partial charge in [-0.2, -0.15) is 13.2 Å². The van der Waals surface area contributed by atoms with Crippen LogP contribution >= 0.6 is 23.2 Å². The van der Waals surface area contributed by atoms with E-state index in [-0.39, 0.29) is 37.5 Å². The van der Waals surface area contributed by atoms with E-state index in [0.29, 0.717) is 22.3 Å². The van der Waals surface area contributed by atoms with Gasteiger partial charge in [-0.25, -0.2) is 0 Å². The van der Waals surface area contributed by atoms with Crippen molar-refractivity contribution in [2.24, 2.45) is 5.92 Å². The van der Waals surface area contributed by atoms with Crippen LogP contribution in [-0.2, 0) is 4.79 Å². The third-order valence-corrected chi connectivity index (χ3v) is 4.90. The Morgan fingerprint density at radius 1 is 1.31 bits per heavy atom. The van der Waals surface area contributed by atoms with Crippen LogP contribution in [0.5, 0.6) is 0 Å². The van der Waals surface area contributed by atoms with Crippen molar-refractivity contribution in [2.75, 3.05) is 38.0 Å². The molecule has 0 aliphatic carbocycles. The monoisotopic (exact) mass is 411 g/mol. The number of halogens is 5. The highest BCUT2D eigenvalue weighted by Crippen LogP contribution is 2.26. The van der Waals surface area contributed by atoms with Gasteiger partial charge in [-0.15, -0.1) is 0 Å². The molecule has 1 aliphatic rings. The first kappa shape index (κ1) is 21.3. The minimum atomic E-state index is -4.22. The molecule has 1 saturated heterocycles. The number of nitrogens with zero attached hydrogens (tertiary/aromatic N) is 2. The molecule has 9 heteroatoms. The summed E-state index contributed by atoms with van der Waals surface area (Å²) in [6, 6.07) is 4.63. The van der Waals surface area contributed by atoms with Gasteiger partial charge in [0.1, 0.15) is 0 Å². The Hall–Kier alpha value is -1.02. The van der Waals surface area contributed by atoms with Crippen molar-refractivity contribution < 1.29 is 18.0 Å². The van der Waals surface area contributed by atoms with E-state index in [4.69, 9.17) is 23.2 Å². The van der Waals surface area contributed by atoms with Gasteiger partial charge < -0.3 is 5.32 Å². The van der Waals surface area contributed by atoms with E-state index in [2.05, 4.69) is 5.32 Å². The van der Waals surface area contributed by atoms with Gasteiger partial charge in [0.05, 0.1) is 23.8 Å². The lowest BCUT2D eigenvalue weighted by Crippen LogP contribution is -2.58. The first-order chi connectivity index (χ1) is 12.0. The molecule has 1 aliphatic heterocycles. The number of benzene rings is 1. The van der Waals surface area contributed by atoms with E-state index in [1.807, 2.05) is 18.7 Å². The number of alkyl halides is 3. The molecule has 1 N–H and O–H groups in total. The van der Waals surface area contributed by atoms with E-state index in [1.54, 1.807) is 18.2 Å². The summed E-state index contributed by atoms with van der Waals surface area (Å²) >= 11 is 12.0. The van der Waals surface area contributed by atoms with Crippen LogP contribution in [-0.4, -0.2) is 60.6 Å². The number of amides is 1. The molecular formula is C17H22Cl2F3N3O. The SMILES string of the molecule is CC(C)C1CN(CC(F)(F)F)CCN1CC(=O)Nc1cc(Cl)ccc1Cl. The van der Waals surface area contributed by atoms with Crippen LogP contribution in [0.1, 0.15) is 13.8 Å². The van der Waals surface area contributed by atoms with E-state index in [1.165, 1.54) is 4.90 Å². The number of nitrogens with one attached hydrogen (secondary N) is 1. The molecule has 146 valence electrons. The number of hydrogen-bond acceptors (Lipinski definition) is 3. The van der Waals surface area contributed by atoms with Gasteiger partial charge in [-0.1, -0.05) is 37.0 Å². The molecule has 1 aromatic carbocycles. The molecule has 0 spiro atoms. The molecule has 1 aromatic rings. The van der Waals surface area contributed by atoms with E-state index >= 15 is 0 Å². The third kappa shape index (κ3) is 6.30. The van der Waals surface area contributed by atoms with Gasteiger partial charge in [-0.05, 0) is 24.1 Å². The average molecular weight is 412 g/mol. The highest BCUT2D eigenvalue weighted by Gasteiger charge is 2.36. The second kappa shape index (κ2) is 8.78. The standard InChI is InChI=1S/C17H22Cl2F3N3O/c1-11(2)15-8-24(10-17(20,21)22)5-6-25(15)9-16(26)23-14-7-12(18)3-4-13(14)19/h3-4,7,11,15H,5-6,8-10H2,1-2H3,(H,23,26). The van der Waals surface area contributed by atoms with Gasteiger partial charge in [0.25, 0.3) is 0 Å². The Labute approximate surface area is 161 Å². The molecule has 1 unspecified atom stereocenters. The number of anilines is 1. The van der Waals surface area contributed by atoms with Crippen molar-refractivity contribution in [1.82, 2.24) is 9.80 Å². The third-order valence-electron chi connectivity index (χ3n) is 4.34. The molecule has 1 atom stereocenters. The maximum absolute atomic E-state index is 12.6. The van der Waals surface area contributed by atoms with Crippen LogP contribution in [0, 0.1) is 5.92 Å².